The molecule has 0 saturated carbocycles. The second-order valence-corrected chi connectivity index (χ2v) is 4.33. The first-order valence-corrected chi connectivity index (χ1v) is 5.95. The molecule has 2 aromatic rings. The van der Waals surface area contributed by atoms with Crippen molar-refractivity contribution in [3.05, 3.63) is 41.7 Å². The summed E-state index contributed by atoms with van der Waals surface area (Å²) >= 11 is 1.61. The number of hydrogen-bond donors (Lipinski definition) is 1. The summed E-state index contributed by atoms with van der Waals surface area (Å²) in [6, 6.07) is 10.2. The lowest BCUT2D eigenvalue weighted by molar-refractivity contribution is 0.266. The topological polar surface area (TPSA) is 50.9 Å². The van der Waals surface area contributed by atoms with Crippen LogP contribution in [-0.2, 0) is 19.4 Å². The summed E-state index contributed by atoms with van der Waals surface area (Å²) in [6.07, 6.45) is 0. The number of aromatic nitrogens is 3. The molecule has 0 amide bonds. The van der Waals surface area contributed by atoms with Crippen LogP contribution in [0.15, 0.2) is 35.5 Å². The first kappa shape index (κ1) is 11.2. The van der Waals surface area contributed by atoms with Crippen molar-refractivity contribution in [2.24, 2.45) is 7.05 Å². The summed E-state index contributed by atoms with van der Waals surface area (Å²) in [5.41, 5.74) is 1.25. The molecule has 0 fully saturated rings. The Hall–Kier alpha value is -1.33. The third-order valence-electron chi connectivity index (χ3n) is 2.28. The van der Waals surface area contributed by atoms with Gasteiger partial charge in [0.1, 0.15) is 6.61 Å². The van der Waals surface area contributed by atoms with Crippen LogP contribution in [0.25, 0.3) is 0 Å². The van der Waals surface area contributed by atoms with E-state index in [1.54, 1.807) is 11.8 Å². The summed E-state index contributed by atoms with van der Waals surface area (Å²) in [5, 5.41) is 17.7. The minimum atomic E-state index is -0.0740. The van der Waals surface area contributed by atoms with Gasteiger partial charge in [-0.1, -0.05) is 42.1 Å². The van der Waals surface area contributed by atoms with E-state index in [0.717, 1.165) is 10.9 Å². The predicted molar refractivity (Wildman–Crippen MR) is 62.9 cm³/mol. The first-order valence-electron chi connectivity index (χ1n) is 4.97. The number of benzene rings is 1. The van der Waals surface area contributed by atoms with Crippen molar-refractivity contribution < 1.29 is 5.11 Å². The highest BCUT2D eigenvalue weighted by molar-refractivity contribution is 7.98. The molecule has 1 aromatic carbocycles. The Morgan fingerprint density at radius 2 is 2.00 bits per heavy atom. The number of aliphatic hydroxyl groups is 1. The maximum absolute atomic E-state index is 8.98. The molecule has 0 saturated heterocycles. The van der Waals surface area contributed by atoms with E-state index >= 15 is 0 Å². The van der Waals surface area contributed by atoms with Gasteiger partial charge < -0.3 is 9.67 Å². The van der Waals surface area contributed by atoms with Crippen molar-refractivity contribution in [1.29, 1.82) is 0 Å². The molecule has 16 heavy (non-hydrogen) atoms. The van der Waals surface area contributed by atoms with Crippen molar-refractivity contribution in [3.63, 3.8) is 0 Å². The molecular formula is C11H13N3OS. The molecule has 2 rings (SSSR count). The third-order valence-corrected chi connectivity index (χ3v) is 3.37. The maximum atomic E-state index is 8.98. The lowest BCUT2D eigenvalue weighted by Gasteiger charge is -2.02. The molecule has 0 aliphatic carbocycles. The fraction of sp³-hybridized carbons (Fsp3) is 0.273. The smallest absolute Gasteiger partial charge is 0.191 e. The van der Waals surface area contributed by atoms with Gasteiger partial charge in [0.05, 0.1) is 0 Å². The molecule has 0 aliphatic rings. The number of nitrogens with zero attached hydrogens (tertiary/aromatic N) is 3. The van der Waals surface area contributed by atoms with E-state index in [-0.39, 0.29) is 6.61 Å². The van der Waals surface area contributed by atoms with Gasteiger partial charge in [-0.05, 0) is 5.56 Å². The monoisotopic (exact) mass is 235 g/mol. The highest BCUT2D eigenvalue weighted by atomic mass is 32.2. The van der Waals surface area contributed by atoms with Gasteiger partial charge >= 0.3 is 0 Å². The minimum absolute atomic E-state index is 0.0740. The van der Waals surface area contributed by atoms with E-state index < -0.39 is 0 Å². The molecule has 0 spiro atoms. The van der Waals surface area contributed by atoms with Gasteiger partial charge in [-0.3, -0.25) is 0 Å². The van der Waals surface area contributed by atoms with E-state index in [2.05, 4.69) is 22.3 Å². The molecule has 1 N–H and O–H groups in total. The zero-order valence-corrected chi connectivity index (χ0v) is 9.81. The highest BCUT2D eigenvalue weighted by Crippen LogP contribution is 2.20. The molecule has 1 heterocycles. The largest absolute Gasteiger partial charge is 0.388 e. The number of rotatable bonds is 4. The van der Waals surface area contributed by atoms with Crippen molar-refractivity contribution in [2.45, 2.75) is 17.5 Å². The van der Waals surface area contributed by atoms with Crippen molar-refractivity contribution in [2.75, 3.05) is 0 Å². The van der Waals surface area contributed by atoms with Gasteiger partial charge in [0.25, 0.3) is 0 Å². The van der Waals surface area contributed by atoms with E-state index in [0.29, 0.717) is 5.82 Å². The number of thioether (sulfide) groups is 1. The van der Waals surface area contributed by atoms with Crippen LogP contribution in [0, 0.1) is 0 Å². The summed E-state index contributed by atoms with van der Waals surface area (Å²) < 4.78 is 1.81. The molecule has 1 aromatic heterocycles. The summed E-state index contributed by atoms with van der Waals surface area (Å²) in [6.45, 7) is -0.0740. The Balaban J connectivity index is 2.02. The molecule has 0 aliphatic heterocycles. The molecular weight excluding hydrogens is 222 g/mol. The number of aliphatic hydroxyl groups excluding tert-OH is 1. The molecule has 4 nitrogen and oxygen atoms in total. The molecule has 0 radical (unpaired) electrons. The Morgan fingerprint density at radius 1 is 1.25 bits per heavy atom. The van der Waals surface area contributed by atoms with Gasteiger partial charge in [0.2, 0.25) is 0 Å². The second kappa shape index (κ2) is 5.14. The highest BCUT2D eigenvalue weighted by Gasteiger charge is 2.07. The van der Waals surface area contributed by atoms with Gasteiger partial charge in [0, 0.05) is 12.8 Å². The van der Waals surface area contributed by atoms with E-state index in [1.165, 1.54) is 5.56 Å². The van der Waals surface area contributed by atoms with Gasteiger partial charge in [0.15, 0.2) is 11.0 Å². The van der Waals surface area contributed by atoms with Crippen LogP contribution >= 0.6 is 11.8 Å². The van der Waals surface area contributed by atoms with E-state index in [9.17, 15) is 0 Å². The number of hydrogen-bond acceptors (Lipinski definition) is 4. The lowest BCUT2D eigenvalue weighted by atomic mass is 10.2. The maximum Gasteiger partial charge on any atom is 0.191 e. The molecule has 84 valence electrons. The normalized spacial score (nSPS) is 10.6. The standard InChI is InChI=1S/C11H13N3OS/c1-14-10(7-15)12-13-11(14)16-8-9-5-3-2-4-6-9/h2-6,15H,7-8H2,1H3. The van der Waals surface area contributed by atoms with Gasteiger partial charge in [-0.25, -0.2) is 0 Å². The van der Waals surface area contributed by atoms with Crippen LogP contribution in [0.2, 0.25) is 0 Å². The zero-order valence-electron chi connectivity index (χ0n) is 9.00. The van der Waals surface area contributed by atoms with Gasteiger partial charge in [-0.2, -0.15) is 0 Å². The Kier molecular flexibility index (Phi) is 3.58. The average Bonchev–Trinajstić information content (AvgIpc) is 2.69. The quantitative estimate of drug-likeness (QED) is 0.818. The summed E-state index contributed by atoms with van der Waals surface area (Å²) in [7, 11) is 1.86. The first-order chi connectivity index (χ1) is 7.81. The Bertz CT molecular complexity index is 456. The van der Waals surface area contributed by atoms with Crippen LogP contribution in [0.5, 0.6) is 0 Å². The van der Waals surface area contributed by atoms with Crippen molar-refractivity contribution in [1.82, 2.24) is 14.8 Å². The van der Waals surface area contributed by atoms with Crippen LogP contribution in [0.1, 0.15) is 11.4 Å². The lowest BCUT2D eigenvalue weighted by Crippen LogP contribution is -1.98. The van der Waals surface area contributed by atoms with Crippen LogP contribution in [0.3, 0.4) is 0 Å². The second-order valence-electron chi connectivity index (χ2n) is 3.39. The van der Waals surface area contributed by atoms with Crippen molar-refractivity contribution in [3.8, 4) is 0 Å². The molecule has 5 heteroatoms. The SMILES string of the molecule is Cn1c(CO)nnc1SCc1ccccc1. The molecule has 0 bridgehead atoms. The zero-order chi connectivity index (χ0) is 11.4. The fourth-order valence-electron chi connectivity index (χ4n) is 1.33. The predicted octanol–water partition coefficient (Wildman–Crippen LogP) is 1.60. The van der Waals surface area contributed by atoms with Crippen LogP contribution in [0.4, 0.5) is 0 Å². The molecule has 0 unspecified atom stereocenters. The van der Waals surface area contributed by atoms with Crippen LogP contribution < -0.4 is 0 Å². The fourth-order valence-corrected chi connectivity index (χ4v) is 2.22. The van der Waals surface area contributed by atoms with Crippen molar-refractivity contribution >= 4 is 11.8 Å². The molecule has 0 atom stereocenters. The summed E-state index contributed by atoms with van der Waals surface area (Å²) in [5.74, 6) is 1.45. The third kappa shape index (κ3) is 2.43. The summed E-state index contributed by atoms with van der Waals surface area (Å²) in [4.78, 5) is 0. The average molecular weight is 235 g/mol. The van der Waals surface area contributed by atoms with Crippen LogP contribution in [-0.4, -0.2) is 19.9 Å². The van der Waals surface area contributed by atoms with E-state index in [4.69, 9.17) is 5.11 Å². The van der Waals surface area contributed by atoms with Gasteiger partial charge in [-0.15, -0.1) is 10.2 Å². The Labute approximate surface area is 98.3 Å². The van der Waals surface area contributed by atoms with E-state index in [1.807, 2.05) is 29.8 Å². The minimum Gasteiger partial charge on any atom is -0.388 e. The Morgan fingerprint density at radius 3 is 2.62 bits per heavy atom.